The molecule has 0 bridgehead atoms. The molecule has 1 atom stereocenters. The van der Waals surface area contributed by atoms with Gasteiger partial charge in [0.2, 0.25) is 5.91 Å². The minimum absolute atomic E-state index is 0.197. The Morgan fingerprint density at radius 3 is 2.35 bits per heavy atom. The molecule has 1 aliphatic carbocycles. The van der Waals surface area contributed by atoms with Crippen molar-refractivity contribution in [3.8, 4) is 5.75 Å². The van der Waals surface area contributed by atoms with E-state index in [1.807, 2.05) is 24.3 Å². The van der Waals surface area contributed by atoms with Gasteiger partial charge in [0.25, 0.3) is 0 Å². The Morgan fingerprint density at radius 2 is 1.95 bits per heavy atom. The van der Waals surface area contributed by atoms with E-state index >= 15 is 0 Å². The first kappa shape index (κ1) is 14.4. The fourth-order valence-electron chi connectivity index (χ4n) is 2.32. The van der Waals surface area contributed by atoms with E-state index in [0.29, 0.717) is 6.42 Å². The maximum Gasteiger partial charge on any atom is 0.326 e. The van der Waals surface area contributed by atoms with Gasteiger partial charge >= 0.3 is 5.97 Å². The minimum atomic E-state index is -0.994. The average Bonchev–Trinajstić information content (AvgIpc) is 3.26. The first-order valence-electron chi connectivity index (χ1n) is 6.72. The summed E-state index contributed by atoms with van der Waals surface area (Å²) < 4.78 is 5.10. The zero-order chi connectivity index (χ0) is 14.8. The van der Waals surface area contributed by atoms with Gasteiger partial charge in [-0.1, -0.05) is 19.1 Å². The molecule has 0 saturated heterocycles. The summed E-state index contributed by atoms with van der Waals surface area (Å²) in [4.78, 5) is 23.4. The van der Waals surface area contributed by atoms with Crippen LogP contribution < -0.4 is 10.1 Å². The molecule has 5 nitrogen and oxygen atoms in total. The van der Waals surface area contributed by atoms with Gasteiger partial charge in [0, 0.05) is 0 Å². The molecule has 20 heavy (non-hydrogen) atoms. The number of carboxylic acid groups (broad SMARTS) is 1. The van der Waals surface area contributed by atoms with Gasteiger partial charge in [-0.3, -0.25) is 4.79 Å². The van der Waals surface area contributed by atoms with Crippen molar-refractivity contribution >= 4 is 11.9 Å². The number of carbonyl (C=O) groups excluding carboxylic acids is 1. The number of hydrogen-bond acceptors (Lipinski definition) is 3. The second kappa shape index (κ2) is 5.53. The molecular weight excluding hydrogens is 258 g/mol. The molecule has 108 valence electrons. The van der Waals surface area contributed by atoms with E-state index in [4.69, 9.17) is 9.84 Å². The molecule has 1 aromatic carbocycles. The summed E-state index contributed by atoms with van der Waals surface area (Å²) in [7, 11) is 1.59. The fourth-order valence-corrected chi connectivity index (χ4v) is 2.32. The standard InChI is InChI=1S/C15H19NO4/c1-3-12(13(17)18)16-14(19)15(8-9-15)10-4-6-11(20-2)7-5-10/h4-7,12H,3,8-9H2,1-2H3,(H,16,19)(H,17,18). The van der Waals surface area contributed by atoms with Crippen LogP contribution in [0.3, 0.4) is 0 Å². The van der Waals surface area contributed by atoms with Crippen LogP contribution in [0, 0.1) is 0 Å². The number of methoxy groups -OCH3 is 1. The Morgan fingerprint density at radius 1 is 1.35 bits per heavy atom. The molecule has 1 aliphatic rings. The third-order valence-electron chi connectivity index (χ3n) is 3.84. The van der Waals surface area contributed by atoms with Crippen molar-refractivity contribution in [2.75, 3.05) is 7.11 Å². The average molecular weight is 277 g/mol. The first-order chi connectivity index (χ1) is 9.53. The smallest absolute Gasteiger partial charge is 0.326 e. The topological polar surface area (TPSA) is 75.6 Å². The zero-order valence-corrected chi connectivity index (χ0v) is 11.7. The molecule has 1 aromatic rings. The second-order valence-electron chi connectivity index (χ2n) is 5.08. The molecule has 1 fully saturated rings. The van der Waals surface area contributed by atoms with Gasteiger partial charge in [-0.25, -0.2) is 4.79 Å². The Labute approximate surface area is 117 Å². The largest absolute Gasteiger partial charge is 0.497 e. The monoisotopic (exact) mass is 277 g/mol. The molecule has 1 amide bonds. The first-order valence-corrected chi connectivity index (χ1v) is 6.72. The van der Waals surface area contributed by atoms with Crippen molar-refractivity contribution < 1.29 is 19.4 Å². The quantitative estimate of drug-likeness (QED) is 0.830. The highest BCUT2D eigenvalue weighted by Gasteiger charge is 2.51. The Hall–Kier alpha value is -2.04. The highest BCUT2D eigenvalue weighted by molar-refractivity contribution is 5.94. The number of benzene rings is 1. The van der Waals surface area contributed by atoms with E-state index in [9.17, 15) is 9.59 Å². The molecule has 0 heterocycles. The van der Waals surface area contributed by atoms with Crippen molar-refractivity contribution in [2.45, 2.75) is 37.6 Å². The van der Waals surface area contributed by atoms with Crippen molar-refractivity contribution in [3.63, 3.8) is 0 Å². The summed E-state index contributed by atoms with van der Waals surface area (Å²) in [5.74, 6) is -0.453. The number of carbonyl (C=O) groups is 2. The molecule has 1 saturated carbocycles. The second-order valence-corrected chi connectivity index (χ2v) is 5.08. The molecular formula is C15H19NO4. The predicted octanol–water partition coefficient (Wildman–Crippen LogP) is 1.71. The van der Waals surface area contributed by atoms with E-state index in [-0.39, 0.29) is 5.91 Å². The molecule has 0 aliphatic heterocycles. The normalized spacial score (nSPS) is 17.1. The fraction of sp³-hybridized carbons (Fsp3) is 0.467. The number of hydrogen-bond donors (Lipinski definition) is 2. The van der Waals surface area contributed by atoms with Gasteiger partial charge in [0.1, 0.15) is 11.8 Å². The van der Waals surface area contributed by atoms with Crippen LogP contribution >= 0.6 is 0 Å². The van der Waals surface area contributed by atoms with Crippen LogP contribution in [0.5, 0.6) is 5.75 Å². The van der Waals surface area contributed by atoms with E-state index in [1.54, 1.807) is 14.0 Å². The van der Waals surface area contributed by atoms with Gasteiger partial charge in [-0.05, 0) is 37.0 Å². The summed E-state index contributed by atoms with van der Waals surface area (Å²) in [6, 6.07) is 6.55. The molecule has 2 rings (SSSR count). The maximum absolute atomic E-state index is 12.4. The van der Waals surface area contributed by atoms with E-state index < -0.39 is 17.4 Å². The number of amides is 1. The van der Waals surface area contributed by atoms with Crippen LogP contribution in [-0.2, 0) is 15.0 Å². The summed E-state index contributed by atoms with van der Waals surface area (Å²) in [6.07, 6.45) is 1.88. The molecule has 5 heteroatoms. The van der Waals surface area contributed by atoms with Crippen LogP contribution in [0.25, 0.3) is 0 Å². The lowest BCUT2D eigenvalue weighted by atomic mass is 9.94. The lowest BCUT2D eigenvalue weighted by Crippen LogP contribution is -2.45. The molecule has 0 radical (unpaired) electrons. The van der Waals surface area contributed by atoms with Gasteiger partial charge in [0.05, 0.1) is 12.5 Å². The van der Waals surface area contributed by atoms with Gasteiger partial charge in [-0.2, -0.15) is 0 Å². The van der Waals surface area contributed by atoms with E-state index in [0.717, 1.165) is 24.2 Å². The lowest BCUT2D eigenvalue weighted by Gasteiger charge is -2.19. The van der Waals surface area contributed by atoms with E-state index in [1.165, 1.54) is 0 Å². The molecule has 1 unspecified atom stereocenters. The zero-order valence-electron chi connectivity index (χ0n) is 11.7. The molecule has 0 aromatic heterocycles. The summed E-state index contributed by atoms with van der Waals surface area (Å²) in [6.45, 7) is 1.74. The van der Waals surface area contributed by atoms with Crippen LogP contribution in [0.2, 0.25) is 0 Å². The van der Waals surface area contributed by atoms with Crippen molar-refractivity contribution in [3.05, 3.63) is 29.8 Å². The predicted molar refractivity (Wildman–Crippen MR) is 73.8 cm³/mol. The summed E-state index contributed by atoms with van der Waals surface area (Å²) >= 11 is 0. The lowest BCUT2D eigenvalue weighted by molar-refractivity contribution is -0.142. The van der Waals surface area contributed by atoms with Crippen molar-refractivity contribution in [1.82, 2.24) is 5.32 Å². The maximum atomic E-state index is 12.4. The number of ether oxygens (including phenoxy) is 1. The SMILES string of the molecule is CCC(NC(=O)C1(c2ccc(OC)cc2)CC1)C(=O)O. The number of carboxylic acids is 1. The van der Waals surface area contributed by atoms with Crippen LogP contribution in [0.4, 0.5) is 0 Å². The van der Waals surface area contributed by atoms with Gasteiger partial charge in [0.15, 0.2) is 0 Å². The number of nitrogens with one attached hydrogen (secondary N) is 1. The Balaban J connectivity index is 2.13. The minimum Gasteiger partial charge on any atom is -0.497 e. The van der Waals surface area contributed by atoms with Crippen LogP contribution in [0.1, 0.15) is 31.7 Å². The third kappa shape index (κ3) is 2.61. The van der Waals surface area contributed by atoms with Gasteiger partial charge in [-0.15, -0.1) is 0 Å². The number of aliphatic carboxylic acids is 1. The van der Waals surface area contributed by atoms with Crippen LogP contribution in [-0.4, -0.2) is 30.1 Å². The Bertz CT molecular complexity index is 505. The summed E-state index contributed by atoms with van der Waals surface area (Å²) in [5, 5.41) is 11.6. The van der Waals surface area contributed by atoms with E-state index in [2.05, 4.69) is 5.32 Å². The van der Waals surface area contributed by atoms with Gasteiger partial charge < -0.3 is 15.2 Å². The number of rotatable bonds is 6. The summed E-state index contributed by atoms with van der Waals surface area (Å²) in [5.41, 5.74) is 0.353. The van der Waals surface area contributed by atoms with Crippen molar-refractivity contribution in [2.24, 2.45) is 0 Å². The van der Waals surface area contributed by atoms with Crippen LogP contribution in [0.15, 0.2) is 24.3 Å². The Kier molecular flexibility index (Phi) is 3.97. The molecule has 0 spiro atoms. The third-order valence-corrected chi connectivity index (χ3v) is 3.84. The highest BCUT2D eigenvalue weighted by Crippen LogP contribution is 2.48. The highest BCUT2D eigenvalue weighted by atomic mass is 16.5. The molecule has 2 N–H and O–H groups in total. The van der Waals surface area contributed by atoms with Crippen molar-refractivity contribution in [1.29, 1.82) is 0 Å².